The van der Waals surface area contributed by atoms with Crippen molar-refractivity contribution in [2.75, 3.05) is 68.4 Å². The van der Waals surface area contributed by atoms with Crippen molar-refractivity contribution in [2.24, 2.45) is 29.4 Å². The number of aliphatic hydroxyl groups is 3. The third-order valence-corrected chi connectivity index (χ3v) is 22.9. The Morgan fingerprint density at radius 2 is 1.05 bits per heavy atom. The second kappa shape index (κ2) is 37.2. The number of likely N-dealkylation sites (N-methyl/N-ethyl adjacent to an activating group) is 2. The number of nitrogens with zero attached hydrogens (tertiary/aromatic N) is 2. The van der Waals surface area contributed by atoms with Crippen LogP contribution in [0, 0.1) is 23.7 Å². The molecule has 8 rings (SSSR count). The summed E-state index contributed by atoms with van der Waals surface area (Å²) < 4.78 is 17.3. The lowest BCUT2D eigenvalue weighted by atomic mass is 9.80. The maximum absolute atomic E-state index is 12.8. The molecule has 490 valence electrons. The van der Waals surface area contributed by atoms with Gasteiger partial charge in [0.15, 0.2) is 0 Å². The van der Waals surface area contributed by atoms with Gasteiger partial charge in [0, 0.05) is 84.9 Å². The molecule has 2 saturated heterocycles. The van der Waals surface area contributed by atoms with Crippen LogP contribution in [0.1, 0.15) is 160 Å². The molecule has 0 bridgehead atoms. The third kappa shape index (κ3) is 21.9. The van der Waals surface area contributed by atoms with Crippen LogP contribution in [-0.4, -0.2) is 144 Å². The van der Waals surface area contributed by atoms with Gasteiger partial charge >= 0.3 is 5.97 Å². The first-order valence-electron chi connectivity index (χ1n) is 32.1. The van der Waals surface area contributed by atoms with Crippen LogP contribution in [0.2, 0.25) is 0 Å². The number of hydrogen-bond acceptors (Lipinski definition) is 18. The Labute approximate surface area is 540 Å². The van der Waals surface area contributed by atoms with Crippen LogP contribution in [0.5, 0.6) is 17.2 Å². The average molecular weight is 1300 g/mol. The number of fused-ring (bicyclic) bond motifs is 3. The number of aliphatic hydroxyl groups excluding tert-OH is 3. The zero-order valence-corrected chi connectivity index (χ0v) is 56.9. The highest BCUT2D eigenvalue weighted by Gasteiger charge is 2.37. The van der Waals surface area contributed by atoms with Crippen molar-refractivity contribution < 1.29 is 53.5 Å². The fourth-order valence-electron chi connectivity index (χ4n) is 12.2. The van der Waals surface area contributed by atoms with Crippen LogP contribution in [0.25, 0.3) is 0 Å². The minimum absolute atomic E-state index is 0.0305. The number of Topliss-reactive ketones (excluding diaryl/α,β-unsaturated/α-hetero) is 1. The Kier molecular flexibility index (Phi) is 30.8. The highest BCUT2D eigenvalue weighted by molar-refractivity contribution is 8.77. The number of nitrogens with two attached hydrogens (primary N) is 1. The second-order valence-corrected chi connectivity index (χ2v) is 30.7. The van der Waals surface area contributed by atoms with Crippen LogP contribution >= 0.6 is 43.2 Å². The SMILES string of the molecule is CC(C)[C@H]1C(=O)N[C@H](CO)Cc2ccc(OC(=O)CCCCC3CCSS3)cc2C1N.CC(C)[C@H]1C(=O)N[C@H](CO)Cc2ccc(OCCCC(=O)CCCCC3CCSS3)cc2N1C.CCCOc1ccc2c(c1)N(C)[C@@H](C(C)C)C(=O)N[C@H](CO)C2. The molecular weight excluding hydrogens is 1190 g/mol. The molecule has 0 radical (unpaired) electrons. The summed E-state index contributed by atoms with van der Waals surface area (Å²) in [6.07, 6.45) is 14.0. The predicted octanol–water partition coefficient (Wildman–Crippen LogP) is 10.2. The summed E-state index contributed by atoms with van der Waals surface area (Å²) in [5.74, 6) is 4.26. The Morgan fingerprint density at radius 3 is 1.51 bits per heavy atom. The Balaban J connectivity index is 0.000000215. The number of nitrogens with one attached hydrogen (secondary N) is 3. The van der Waals surface area contributed by atoms with E-state index in [1.165, 1.54) is 30.8 Å². The molecule has 3 amide bonds. The Morgan fingerprint density at radius 1 is 0.591 bits per heavy atom. The van der Waals surface area contributed by atoms with Gasteiger partial charge in [-0.3, -0.25) is 24.0 Å². The first-order valence-corrected chi connectivity index (χ1v) is 36.9. The van der Waals surface area contributed by atoms with E-state index >= 15 is 0 Å². The van der Waals surface area contributed by atoms with Gasteiger partial charge in [-0.25, -0.2) is 0 Å². The highest BCUT2D eigenvalue weighted by Crippen LogP contribution is 2.41. The van der Waals surface area contributed by atoms with Crippen LogP contribution in [0.3, 0.4) is 0 Å². The van der Waals surface area contributed by atoms with Gasteiger partial charge in [-0.2, -0.15) is 0 Å². The van der Waals surface area contributed by atoms with E-state index in [2.05, 4.69) is 22.9 Å². The zero-order valence-electron chi connectivity index (χ0n) is 53.6. The summed E-state index contributed by atoms with van der Waals surface area (Å²) in [4.78, 5) is 66.7. The Bertz CT molecular complexity index is 2690. The molecule has 2 fully saturated rings. The number of carbonyl (C=O) groups excluding carboxylic acids is 5. The standard InChI is InChI=1S/C26H40N2O4S2.C23H34N2O4S2.C18H28N2O3/c1-18(2)25-26(31)27-20(17-29)15-19-10-11-22(16-24(19)28(25)3)32-13-6-8-21(30)7-4-5-9-23-12-14-33-34-23;1-14(2)21-22(24)19-12-17(8-7-15(19)11-16(13-26)25-23(21)28)29-20(27)6-4-3-5-18-9-10-30-31-18;1-5-8-23-15-7-6-13-9-14(11-21)19-18(22)17(12(2)3)20(4)16(13)10-15/h10-11,16,18,20,23,25,29H,4-9,12-15,17H2,1-3H3,(H,27,31);7-8,12,14,16,18,21-22,26H,3-6,9-11,13,24H2,1-2H3,(H,25,28);6-7,10,12,14,17,21H,5,8-9,11H2,1-4H3,(H,19,22)/t20-,23?,25-;16-,18?,21+,22?;14-,17-/m000/s1. The zero-order chi connectivity index (χ0) is 63.9. The van der Waals surface area contributed by atoms with Gasteiger partial charge in [0.05, 0.1) is 57.1 Å². The monoisotopic (exact) mass is 1290 g/mol. The molecule has 0 aromatic heterocycles. The molecule has 17 nitrogen and oxygen atoms in total. The average Bonchev–Trinajstić information content (AvgIpc) is 2.87. The number of amides is 3. The summed E-state index contributed by atoms with van der Waals surface area (Å²) in [6.45, 7) is 15.0. The number of unbranched alkanes of at least 4 members (excludes halogenated alkanes) is 2. The minimum Gasteiger partial charge on any atom is -0.494 e. The number of rotatable bonds is 25. The van der Waals surface area contributed by atoms with E-state index < -0.39 is 12.0 Å². The number of anilines is 2. The molecule has 88 heavy (non-hydrogen) atoms. The van der Waals surface area contributed by atoms with Crippen molar-refractivity contribution in [3.63, 3.8) is 0 Å². The number of ether oxygens (including phenoxy) is 3. The molecule has 5 aliphatic heterocycles. The van der Waals surface area contributed by atoms with E-state index in [4.69, 9.17) is 19.9 Å². The maximum atomic E-state index is 12.8. The highest BCUT2D eigenvalue weighted by atomic mass is 33.1. The van der Waals surface area contributed by atoms with Crippen molar-refractivity contribution in [3.05, 3.63) is 76.9 Å². The van der Waals surface area contributed by atoms with E-state index in [-0.39, 0.29) is 91.5 Å². The quantitative estimate of drug-likeness (QED) is 0.0181. The Hall–Kier alpha value is -4.35. The second-order valence-electron chi connectivity index (χ2n) is 25.1. The molecular formula is C67H102N6O11S4. The van der Waals surface area contributed by atoms with Gasteiger partial charge in [-0.05, 0) is 135 Å². The number of ketones is 1. The smallest absolute Gasteiger partial charge is 0.311 e. The third-order valence-electron chi connectivity index (χ3n) is 16.9. The molecule has 0 spiro atoms. The first kappa shape index (κ1) is 72.7. The first-order chi connectivity index (χ1) is 42.2. The summed E-state index contributed by atoms with van der Waals surface area (Å²) in [6, 6.07) is 15.4. The molecule has 3 unspecified atom stereocenters. The van der Waals surface area contributed by atoms with Crippen molar-refractivity contribution in [1.29, 1.82) is 0 Å². The molecule has 8 N–H and O–H groups in total. The number of carbonyl (C=O) groups is 5. The molecule has 21 heteroatoms. The predicted molar refractivity (Wildman–Crippen MR) is 362 cm³/mol. The van der Waals surface area contributed by atoms with Crippen molar-refractivity contribution >= 4 is 84.0 Å². The lowest BCUT2D eigenvalue weighted by Gasteiger charge is -2.37. The summed E-state index contributed by atoms with van der Waals surface area (Å²) in [5, 5.41) is 39.3. The van der Waals surface area contributed by atoms with E-state index in [9.17, 15) is 39.3 Å². The van der Waals surface area contributed by atoms with Gasteiger partial charge in [0.25, 0.3) is 0 Å². The van der Waals surface area contributed by atoms with Crippen molar-refractivity contribution in [1.82, 2.24) is 16.0 Å². The fourth-order valence-corrected chi connectivity index (χ4v) is 18.3. The molecule has 3 aromatic rings. The molecule has 9 atom stereocenters. The van der Waals surface area contributed by atoms with Crippen molar-refractivity contribution in [3.8, 4) is 17.2 Å². The number of benzene rings is 3. The van der Waals surface area contributed by atoms with Crippen LogP contribution < -0.4 is 45.7 Å². The summed E-state index contributed by atoms with van der Waals surface area (Å²) in [7, 11) is 11.8. The molecule has 3 aromatic carbocycles. The number of hydrogen-bond donors (Lipinski definition) is 7. The molecule has 5 heterocycles. The van der Waals surface area contributed by atoms with E-state index in [1.54, 1.807) is 12.1 Å². The van der Waals surface area contributed by atoms with E-state index in [0.29, 0.717) is 69.7 Å². The maximum Gasteiger partial charge on any atom is 0.311 e. The van der Waals surface area contributed by atoms with Crippen LogP contribution in [-0.2, 0) is 43.2 Å². The van der Waals surface area contributed by atoms with E-state index in [1.807, 2.05) is 151 Å². The summed E-state index contributed by atoms with van der Waals surface area (Å²) in [5.41, 5.74) is 12.5. The van der Waals surface area contributed by atoms with E-state index in [0.717, 1.165) is 94.2 Å². The van der Waals surface area contributed by atoms with Crippen molar-refractivity contribution in [2.45, 2.75) is 198 Å². The fraction of sp³-hybridized carbons (Fsp3) is 0.657. The molecule has 0 aliphatic carbocycles. The molecule has 5 aliphatic rings. The van der Waals surface area contributed by atoms with Crippen LogP contribution in [0.4, 0.5) is 11.4 Å². The topological polar surface area (TPSA) is 242 Å². The van der Waals surface area contributed by atoms with Gasteiger partial charge < -0.3 is 61.0 Å². The van der Waals surface area contributed by atoms with Gasteiger partial charge in [0.1, 0.15) is 35.1 Å². The van der Waals surface area contributed by atoms with Gasteiger partial charge in [-0.15, -0.1) is 0 Å². The minimum atomic E-state index is -0.505. The lowest BCUT2D eigenvalue weighted by molar-refractivity contribution is -0.134. The van der Waals surface area contributed by atoms with Crippen LogP contribution in [0.15, 0.2) is 54.6 Å². The van der Waals surface area contributed by atoms with Gasteiger partial charge in [-0.1, -0.05) is 123 Å². The largest absolute Gasteiger partial charge is 0.494 e. The van der Waals surface area contributed by atoms with Gasteiger partial charge in [0.2, 0.25) is 17.7 Å². The lowest BCUT2D eigenvalue weighted by Crippen LogP contribution is -2.54. The number of esters is 1. The molecule has 0 saturated carbocycles. The normalized spacial score (nSPS) is 23.6. The summed E-state index contributed by atoms with van der Waals surface area (Å²) >= 11 is 0.